The second-order valence-electron chi connectivity index (χ2n) is 4.23. The lowest BCUT2D eigenvalue weighted by Crippen LogP contribution is -2.34. The molecular formula is C10H11N3O4S. The van der Waals surface area contributed by atoms with Crippen LogP contribution in [-0.2, 0) is 15.4 Å². The Kier molecular flexibility index (Phi) is 2.91. The molecule has 0 saturated carbocycles. The Morgan fingerprint density at radius 1 is 1.39 bits per heavy atom. The van der Waals surface area contributed by atoms with Gasteiger partial charge in [-0.1, -0.05) is 0 Å². The third-order valence-electron chi connectivity index (χ3n) is 2.50. The fraction of sp³-hybridized carbons (Fsp3) is 0.300. The van der Waals surface area contributed by atoms with Gasteiger partial charge in [-0.25, -0.2) is 8.51 Å². The first kappa shape index (κ1) is 12.7. The van der Waals surface area contributed by atoms with Crippen LogP contribution in [0.1, 0.15) is 13.8 Å². The summed E-state index contributed by atoms with van der Waals surface area (Å²) < 4.78 is 18.1. The summed E-state index contributed by atoms with van der Waals surface area (Å²) in [7, 11) is 0. The highest BCUT2D eigenvalue weighted by molar-refractivity contribution is 7.83. The van der Waals surface area contributed by atoms with E-state index in [0.717, 1.165) is 0 Å². The Morgan fingerprint density at radius 2 is 1.94 bits per heavy atom. The average molecular weight is 269 g/mol. The molecule has 7 nitrogen and oxygen atoms in total. The minimum atomic E-state index is -1.79. The van der Waals surface area contributed by atoms with Crippen molar-refractivity contribution in [2.75, 3.05) is 4.31 Å². The molecule has 8 heteroatoms. The van der Waals surface area contributed by atoms with Crippen molar-refractivity contribution >= 4 is 28.5 Å². The Morgan fingerprint density at radius 3 is 2.33 bits per heavy atom. The van der Waals surface area contributed by atoms with Crippen molar-refractivity contribution in [3.05, 3.63) is 34.4 Å². The van der Waals surface area contributed by atoms with Crippen LogP contribution < -0.4 is 4.31 Å². The molecule has 0 radical (unpaired) electrons. The summed E-state index contributed by atoms with van der Waals surface area (Å²) >= 11 is -1.79. The van der Waals surface area contributed by atoms with Crippen molar-refractivity contribution < 1.29 is 13.3 Å². The van der Waals surface area contributed by atoms with Crippen molar-refractivity contribution in [1.82, 2.24) is 0 Å². The summed E-state index contributed by atoms with van der Waals surface area (Å²) in [6.07, 6.45) is 0. The molecule has 1 atom stereocenters. The van der Waals surface area contributed by atoms with E-state index >= 15 is 0 Å². The maximum atomic E-state index is 11.8. The smallest absolute Gasteiger partial charge is 0.271 e. The molecule has 0 spiro atoms. The highest BCUT2D eigenvalue weighted by Crippen LogP contribution is 2.31. The van der Waals surface area contributed by atoms with Crippen LogP contribution in [0.3, 0.4) is 0 Å². The maximum absolute atomic E-state index is 11.8. The molecule has 1 aliphatic rings. The lowest BCUT2D eigenvalue weighted by atomic mass is 10.1. The minimum absolute atomic E-state index is 0.0506. The summed E-state index contributed by atoms with van der Waals surface area (Å²) in [5.41, 5.74) is -0.572. The van der Waals surface area contributed by atoms with Crippen LogP contribution in [0.25, 0.3) is 0 Å². The standard InChI is InChI=1S/C10H11N3O4S/c1-10(2)9(11)12(18(16)17-10)7-3-5-8(6-4-7)13(14)15/h3-6,11H,1-2H3. The number of nitrogens with one attached hydrogen (secondary N) is 1. The van der Waals surface area contributed by atoms with Crippen LogP contribution in [0.2, 0.25) is 0 Å². The molecule has 2 rings (SSSR count). The molecule has 1 aromatic carbocycles. The number of benzene rings is 1. The van der Waals surface area contributed by atoms with E-state index in [4.69, 9.17) is 9.59 Å². The molecule has 0 aliphatic carbocycles. The minimum Gasteiger partial charge on any atom is -0.285 e. The van der Waals surface area contributed by atoms with Crippen LogP contribution in [-0.4, -0.2) is 20.6 Å². The third kappa shape index (κ3) is 2.00. The summed E-state index contributed by atoms with van der Waals surface area (Å²) in [6, 6.07) is 5.47. The number of nitrogens with zero attached hydrogens (tertiary/aromatic N) is 2. The Labute approximate surface area is 106 Å². The van der Waals surface area contributed by atoms with Gasteiger partial charge in [-0.05, 0) is 26.0 Å². The fourth-order valence-electron chi connectivity index (χ4n) is 1.50. The molecule has 1 saturated heterocycles. The van der Waals surface area contributed by atoms with Crippen molar-refractivity contribution in [2.24, 2.45) is 0 Å². The van der Waals surface area contributed by atoms with Crippen LogP contribution in [0.5, 0.6) is 0 Å². The van der Waals surface area contributed by atoms with Gasteiger partial charge in [0.2, 0.25) is 0 Å². The number of hydrogen-bond donors (Lipinski definition) is 1. The molecule has 96 valence electrons. The van der Waals surface area contributed by atoms with Crippen molar-refractivity contribution in [1.29, 1.82) is 5.41 Å². The number of anilines is 1. The second-order valence-corrected chi connectivity index (χ2v) is 5.19. The normalized spacial score (nSPS) is 22.2. The van der Waals surface area contributed by atoms with Crippen LogP contribution >= 0.6 is 0 Å². The van der Waals surface area contributed by atoms with Gasteiger partial charge in [0, 0.05) is 12.1 Å². The van der Waals surface area contributed by atoms with Gasteiger partial charge in [-0.3, -0.25) is 19.7 Å². The molecule has 0 bridgehead atoms. The van der Waals surface area contributed by atoms with E-state index in [1.807, 2.05) is 0 Å². The molecule has 1 unspecified atom stereocenters. The van der Waals surface area contributed by atoms with Crippen LogP contribution in [0, 0.1) is 15.5 Å². The summed E-state index contributed by atoms with van der Waals surface area (Å²) in [6.45, 7) is 3.28. The second kappa shape index (κ2) is 4.14. The van der Waals surface area contributed by atoms with E-state index in [9.17, 15) is 14.3 Å². The number of nitro benzene ring substituents is 1. The highest BCUT2D eigenvalue weighted by Gasteiger charge is 2.43. The zero-order valence-electron chi connectivity index (χ0n) is 9.75. The fourth-order valence-corrected chi connectivity index (χ4v) is 2.67. The average Bonchev–Trinajstić information content (AvgIpc) is 2.48. The molecule has 1 aromatic rings. The van der Waals surface area contributed by atoms with Gasteiger partial charge >= 0.3 is 0 Å². The molecule has 0 aromatic heterocycles. The molecule has 1 N–H and O–H groups in total. The van der Waals surface area contributed by atoms with E-state index < -0.39 is 21.8 Å². The van der Waals surface area contributed by atoms with Crippen LogP contribution in [0.15, 0.2) is 24.3 Å². The number of amidine groups is 1. The lowest BCUT2D eigenvalue weighted by Gasteiger charge is -2.17. The van der Waals surface area contributed by atoms with Gasteiger partial charge < -0.3 is 0 Å². The number of non-ortho nitro benzene ring substituents is 1. The number of nitro groups is 1. The van der Waals surface area contributed by atoms with Gasteiger partial charge in [-0.15, -0.1) is 0 Å². The van der Waals surface area contributed by atoms with Crippen molar-refractivity contribution in [2.45, 2.75) is 19.4 Å². The van der Waals surface area contributed by atoms with Crippen LogP contribution in [0.4, 0.5) is 11.4 Å². The quantitative estimate of drug-likeness (QED) is 0.653. The predicted octanol–water partition coefficient (Wildman–Crippen LogP) is 1.77. The van der Waals surface area contributed by atoms with Gasteiger partial charge in [0.25, 0.3) is 17.0 Å². The van der Waals surface area contributed by atoms with E-state index in [2.05, 4.69) is 0 Å². The Bertz CT molecular complexity index is 541. The molecule has 0 amide bonds. The first-order chi connectivity index (χ1) is 8.33. The van der Waals surface area contributed by atoms with E-state index in [1.165, 1.54) is 28.6 Å². The first-order valence-corrected chi connectivity index (χ1v) is 6.11. The third-order valence-corrected chi connectivity index (χ3v) is 3.75. The molecular weight excluding hydrogens is 258 g/mol. The monoisotopic (exact) mass is 269 g/mol. The van der Waals surface area contributed by atoms with Gasteiger partial charge in [0.05, 0.1) is 10.6 Å². The lowest BCUT2D eigenvalue weighted by molar-refractivity contribution is -0.384. The summed E-state index contributed by atoms with van der Waals surface area (Å²) in [5.74, 6) is 0.0506. The maximum Gasteiger partial charge on any atom is 0.271 e. The SMILES string of the molecule is CC1(C)OS(=O)N(c2ccc([N+](=O)[O-])cc2)C1=N. The zero-order chi connectivity index (χ0) is 13.5. The molecule has 1 aliphatic heterocycles. The van der Waals surface area contributed by atoms with Gasteiger partial charge in [-0.2, -0.15) is 0 Å². The largest absolute Gasteiger partial charge is 0.285 e. The number of rotatable bonds is 2. The summed E-state index contributed by atoms with van der Waals surface area (Å²) in [5, 5.41) is 18.4. The van der Waals surface area contributed by atoms with Crippen molar-refractivity contribution in [3.8, 4) is 0 Å². The first-order valence-electron chi connectivity index (χ1n) is 5.08. The zero-order valence-corrected chi connectivity index (χ0v) is 10.6. The predicted molar refractivity (Wildman–Crippen MR) is 66.6 cm³/mol. The van der Waals surface area contributed by atoms with Gasteiger partial charge in [0.15, 0.2) is 0 Å². The molecule has 18 heavy (non-hydrogen) atoms. The Balaban J connectivity index is 2.35. The van der Waals surface area contributed by atoms with E-state index in [1.54, 1.807) is 13.8 Å². The highest BCUT2D eigenvalue weighted by atomic mass is 32.2. The van der Waals surface area contributed by atoms with Gasteiger partial charge in [0.1, 0.15) is 11.4 Å². The topological polar surface area (TPSA) is 96.5 Å². The number of hydrogen-bond acceptors (Lipinski definition) is 5. The van der Waals surface area contributed by atoms with E-state index in [-0.39, 0.29) is 11.5 Å². The summed E-state index contributed by atoms with van der Waals surface area (Å²) in [4.78, 5) is 10.0. The van der Waals surface area contributed by atoms with Crippen molar-refractivity contribution in [3.63, 3.8) is 0 Å². The Hall–Kier alpha value is -1.80. The molecule has 1 fully saturated rings. The molecule has 1 heterocycles. The van der Waals surface area contributed by atoms with E-state index in [0.29, 0.717) is 5.69 Å².